The Morgan fingerprint density at radius 2 is 2.05 bits per heavy atom. The topological polar surface area (TPSA) is 89.9 Å². The van der Waals surface area contributed by atoms with Gasteiger partial charge in [0.05, 0.1) is 11.0 Å². The van der Waals surface area contributed by atoms with Gasteiger partial charge < -0.3 is 10.8 Å². The summed E-state index contributed by atoms with van der Waals surface area (Å²) in [6.07, 6.45) is 0.0895. The van der Waals surface area contributed by atoms with Crippen LogP contribution in [-0.2, 0) is 5.60 Å². The van der Waals surface area contributed by atoms with Gasteiger partial charge in [0.15, 0.2) is 0 Å². The Balaban J connectivity index is 2.18. The van der Waals surface area contributed by atoms with Crippen LogP contribution in [0.2, 0.25) is 0 Å². The smallest absolute Gasteiger partial charge is 0.270 e. The van der Waals surface area contributed by atoms with Crippen molar-refractivity contribution in [2.24, 2.45) is 0 Å². The third kappa shape index (κ3) is 2.27. The lowest BCUT2D eigenvalue weighted by molar-refractivity contribution is -0.0882. The molecule has 3 rings (SSSR count). The average Bonchev–Trinajstić information content (AvgIpc) is 2.90. The highest BCUT2D eigenvalue weighted by molar-refractivity contribution is 5.78. The van der Waals surface area contributed by atoms with Crippen molar-refractivity contribution < 1.29 is 13.9 Å². The van der Waals surface area contributed by atoms with Crippen LogP contribution in [0.3, 0.4) is 0 Å². The number of benzene rings is 1. The Hall–Kier alpha value is -2.61. The lowest BCUT2D eigenvalue weighted by atomic mass is 9.96. The molecule has 0 radical (unpaired) electrons. The molecule has 0 saturated heterocycles. The number of hydrogen-bond donors (Lipinski definition) is 2. The molecule has 22 heavy (non-hydrogen) atoms. The molecule has 0 fully saturated rings. The van der Waals surface area contributed by atoms with E-state index in [2.05, 4.69) is 15.0 Å². The molecule has 3 N–H and O–H groups in total. The predicted octanol–water partition coefficient (Wildman–Crippen LogP) is 1.87. The number of nitrogens with two attached hydrogens (primary N) is 1. The summed E-state index contributed by atoms with van der Waals surface area (Å²) in [5.74, 6) is 0.555. The summed E-state index contributed by atoms with van der Waals surface area (Å²) in [7, 11) is 0. The van der Waals surface area contributed by atoms with Gasteiger partial charge in [-0.1, -0.05) is 6.07 Å². The molecule has 1 atom stereocenters. The van der Waals surface area contributed by atoms with Gasteiger partial charge in [0.1, 0.15) is 17.7 Å². The fraction of sp³-hybridized carbons (Fsp3) is 0.214. The normalized spacial score (nSPS) is 14.4. The van der Waals surface area contributed by atoms with E-state index in [4.69, 9.17) is 5.73 Å². The third-order valence-electron chi connectivity index (χ3n) is 3.46. The van der Waals surface area contributed by atoms with Crippen LogP contribution in [0.5, 0.6) is 0 Å². The molecule has 0 aliphatic carbocycles. The second kappa shape index (κ2) is 4.99. The molecule has 6 nitrogen and oxygen atoms in total. The highest BCUT2D eigenvalue weighted by atomic mass is 19.3. The number of anilines is 1. The monoisotopic (exact) mass is 305 g/mol. The van der Waals surface area contributed by atoms with Crippen LogP contribution >= 0.6 is 0 Å². The number of aliphatic hydroxyl groups is 1. The van der Waals surface area contributed by atoms with E-state index in [1.807, 2.05) is 0 Å². The Morgan fingerprint density at radius 3 is 2.73 bits per heavy atom. The lowest BCUT2D eigenvalue weighted by Gasteiger charge is -2.22. The van der Waals surface area contributed by atoms with Crippen LogP contribution in [0, 0.1) is 0 Å². The minimum absolute atomic E-state index is 0.0927. The van der Waals surface area contributed by atoms with Gasteiger partial charge in [-0.2, -0.15) is 4.98 Å². The Bertz CT molecular complexity index is 831. The molecule has 1 unspecified atom stereocenters. The van der Waals surface area contributed by atoms with Crippen molar-refractivity contribution in [3.63, 3.8) is 0 Å². The molecule has 0 aliphatic heterocycles. The quantitative estimate of drug-likeness (QED) is 0.771. The Morgan fingerprint density at radius 1 is 1.27 bits per heavy atom. The summed E-state index contributed by atoms with van der Waals surface area (Å²) < 4.78 is 27.6. The number of alkyl halides is 2. The standard InChI is InChI=1S/C14H13F2N5O/c1-14(22,12(15)16)8-2-3-9-10(6-8)21(7-19-9)11-4-5-18-13(17)20-11/h2-7,12,22H,1H3,(H2,17,18,20). The van der Waals surface area contributed by atoms with Crippen LogP contribution in [0.4, 0.5) is 14.7 Å². The molecule has 0 aliphatic rings. The first kappa shape index (κ1) is 14.3. The van der Waals surface area contributed by atoms with Crippen LogP contribution in [-0.4, -0.2) is 31.1 Å². The maximum absolute atomic E-state index is 13.0. The van der Waals surface area contributed by atoms with E-state index in [9.17, 15) is 13.9 Å². The minimum Gasteiger partial charge on any atom is -0.379 e. The van der Waals surface area contributed by atoms with Gasteiger partial charge in [-0.25, -0.2) is 18.7 Å². The van der Waals surface area contributed by atoms with Gasteiger partial charge in [-0.05, 0) is 30.7 Å². The lowest BCUT2D eigenvalue weighted by Crippen LogP contribution is -2.30. The first-order valence-electron chi connectivity index (χ1n) is 6.46. The summed E-state index contributed by atoms with van der Waals surface area (Å²) >= 11 is 0. The number of nitrogen functional groups attached to an aromatic ring is 1. The van der Waals surface area contributed by atoms with Gasteiger partial charge in [-0.15, -0.1) is 0 Å². The molecule has 114 valence electrons. The minimum atomic E-state index is -2.91. The fourth-order valence-corrected chi connectivity index (χ4v) is 2.13. The van der Waals surface area contributed by atoms with Crippen molar-refractivity contribution in [2.75, 3.05) is 5.73 Å². The zero-order valence-electron chi connectivity index (χ0n) is 11.6. The molecule has 0 saturated carbocycles. The second-order valence-electron chi connectivity index (χ2n) is 5.04. The van der Waals surface area contributed by atoms with E-state index in [0.717, 1.165) is 6.92 Å². The number of fused-ring (bicyclic) bond motifs is 1. The highest BCUT2D eigenvalue weighted by Gasteiger charge is 2.34. The van der Waals surface area contributed by atoms with E-state index in [1.54, 1.807) is 16.7 Å². The van der Waals surface area contributed by atoms with E-state index in [1.165, 1.54) is 24.7 Å². The molecule has 0 amide bonds. The fourth-order valence-electron chi connectivity index (χ4n) is 2.13. The van der Waals surface area contributed by atoms with Crippen molar-refractivity contribution in [1.29, 1.82) is 0 Å². The molecule has 0 bridgehead atoms. The maximum Gasteiger partial charge on any atom is 0.270 e. The van der Waals surface area contributed by atoms with Gasteiger partial charge in [0.25, 0.3) is 6.43 Å². The van der Waals surface area contributed by atoms with Gasteiger partial charge in [-0.3, -0.25) is 4.57 Å². The van der Waals surface area contributed by atoms with Crippen molar-refractivity contribution in [3.05, 3.63) is 42.4 Å². The van der Waals surface area contributed by atoms with Crippen molar-refractivity contribution in [2.45, 2.75) is 19.0 Å². The van der Waals surface area contributed by atoms with Crippen LogP contribution in [0.1, 0.15) is 12.5 Å². The molecule has 2 heterocycles. The largest absolute Gasteiger partial charge is 0.379 e. The van der Waals surface area contributed by atoms with Crippen molar-refractivity contribution in [1.82, 2.24) is 19.5 Å². The van der Waals surface area contributed by atoms with Crippen LogP contribution in [0.25, 0.3) is 16.9 Å². The number of imidazole rings is 1. The van der Waals surface area contributed by atoms with Crippen LogP contribution < -0.4 is 5.73 Å². The molecule has 2 aromatic heterocycles. The molecular formula is C14H13F2N5O. The highest BCUT2D eigenvalue weighted by Crippen LogP contribution is 2.30. The van der Waals surface area contributed by atoms with Gasteiger partial charge >= 0.3 is 0 Å². The van der Waals surface area contributed by atoms with E-state index < -0.39 is 12.0 Å². The summed E-state index contributed by atoms with van der Waals surface area (Å²) in [4.78, 5) is 12.1. The molecular weight excluding hydrogens is 292 g/mol. The second-order valence-corrected chi connectivity index (χ2v) is 5.04. The number of hydrogen-bond acceptors (Lipinski definition) is 5. The van der Waals surface area contributed by atoms with Crippen LogP contribution in [0.15, 0.2) is 36.8 Å². The number of aromatic nitrogens is 4. The predicted molar refractivity (Wildman–Crippen MR) is 76.6 cm³/mol. The van der Waals surface area contributed by atoms with E-state index >= 15 is 0 Å². The zero-order chi connectivity index (χ0) is 15.9. The average molecular weight is 305 g/mol. The summed E-state index contributed by atoms with van der Waals surface area (Å²) in [5.41, 5.74) is 4.53. The van der Waals surface area contributed by atoms with Crippen molar-refractivity contribution in [3.8, 4) is 5.82 Å². The van der Waals surface area contributed by atoms with E-state index in [-0.39, 0.29) is 11.5 Å². The number of nitrogens with zero attached hydrogens (tertiary/aromatic N) is 4. The number of rotatable bonds is 3. The van der Waals surface area contributed by atoms with E-state index in [0.29, 0.717) is 16.9 Å². The zero-order valence-corrected chi connectivity index (χ0v) is 11.6. The summed E-state index contributed by atoms with van der Waals surface area (Å²) in [6.45, 7) is 1.07. The first-order chi connectivity index (χ1) is 10.4. The van der Waals surface area contributed by atoms with Crippen molar-refractivity contribution >= 4 is 17.0 Å². The first-order valence-corrected chi connectivity index (χ1v) is 6.46. The maximum atomic E-state index is 13.0. The summed E-state index contributed by atoms with van der Waals surface area (Å²) in [6, 6.07) is 6.09. The molecule has 0 spiro atoms. The SMILES string of the molecule is CC(O)(c1ccc2ncn(-c3ccnc(N)n3)c2c1)C(F)F. The molecule has 3 aromatic rings. The van der Waals surface area contributed by atoms with Gasteiger partial charge in [0, 0.05) is 6.20 Å². The Kier molecular flexibility index (Phi) is 3.25. The Labute approximate surface area is 124 Å². The molecule has 1 aromatic carbocycles. The summed E-state index contributed by atoms with van der Waals surface area (Å²) in [5, 5.41) is 9.94. The molecule has 8 heteroatoms. The number of halogens is 2. The van der Waals surface area contributed by atoms with Gasteiger partial charge in [0.2, 0.25) is 5.95 Å². The third-order valence-corrected chi connectivity index (χ3v) is 3.46.